The van der Waals surface area contributed by atoms with Crippen molar-refractivity contribution in [2.75, 3.05) is 6.54 Å². The molecule has 1 aromatic carbocycles. The number of aryl methyl sites for hydroxylation is 2. The first-order valence-electron chi connectivity index (χ1n) is 7.70. The van der Waals surface area contributed by atoms with Gasteiger partial charge in [-0.15, -0.1) is 5.10 Å². The summed E-state index contributed by atoms with van der Waals surface area (Å²) in [6.45, 7) is 8.33. The van der Waals surface area contributed by atoms with Crippen LogP contribution in [-0.2, 0) is 13.0 Å². The van der Waals surface area contributed by atoms with Crippen LogP contribution in [0.4, 0.5) is 0 Å². The van der Waals surface area contributed by atoms with Crippen molar-refractivity contribution in [2.45, 2.75) is 46.2 Å². The molecule has 0 amide bonds. The summed E-state index contributed by atoms with van der Waals surface area (Å²) in [6.07, 6.45) is 2.09. The molecule has 1 N–H and O–H groups in total. The van der Waals surface area contributed by atoms with Crippen molar-refractivity contribution in [2.24, 2.45) is 5.92 Å². The van der Waals surface area contributed by atoms with Gasteiger partial charge in [0.25, 0.3) is 0 Å². The van der Waals surface area contributed by atoms with E-state index in [1.165, 1.54) is 5.56 Å². The van der Waals surface area contributed by atoms with E-state index in [2.05, 4.69) is 65.9 Å². The summed E-state index contributed by atoms with van der Waals surface area (Å²) in [7, 11) is 0. The molecule has 21 heavy (non-hydrogen) atoms. The molecule has 0 fully saturated rings. The monoisotopic (exact) mass is 287 g/mol. The summed E-state index contributed by atoms with van der Waals surface area (Å²) in [6, 6.07) is 10.7. The maximum Gasteiger partial charge on any atom is 0.167 e. The molecular formula is C16H25N5. The third-order valence-corrected chi connectivity index (χ3v) is 3.46. The van der Waals surface area contributed by atoms with Gasteiger partial charge >= 0.3 is 0 Å². The Bertz CT molecular complexity index is 520. The molecule has 1 aromatic heterocycles. The SMILES string of the molecule is CC(C)CNC(C)c1nnnn1CCCc1ccccc1. The van der Waals surface area contributed by atoms with Crippen LogP contribution in [0.2, 0.25) is 0 Å². The first kappa shape index (κ1) is 15.6. The van der Waals surface area contributed by atoms with E-state index in [1.54, 1.807) is 0 Å². The van der Waals surface area contributed by atoms with E-state index in [-0.39, 0.29) is 6.04 Å². The zero-order valence-corrected chi connectivity index (χ0v) is 13.2. The van der Waals surface area contributed by atoms with Crippen LogP contribution >= 0.6 is 0 Å². The molecule has 0 saturated heterocycles. The summed E-state index contributed by atoms with van der Waals surface area (Å²) in [5.74, 6) is 1.54. The lowest BCUT2D eigenvalue weighted by Crippen LogP contribution is -2.26. The zero-order chi connectivity index (χ0) is 15.1. The summed E-state index contributed by atoms with van der Waals surface area (Å²) in [5.41, 5.74) is 1.36. The van der Waals surface area contributed by atoms with Crippen molar-refractivity contribution in [1.82, 2.24) is 25.5 Å². The van der Waals surface area contributed by atoms with Crippen molar-refractivity contribution in [1.29, 1.82) is 0 Å². The van der Waals surface area contributed by atoms with E-state index in [0.717, 1.165) is 31.8 Å². The molecular weight excluding hydrogens is 262 g/mol. The molecule has 0 radical (unpaired) electrons. The molecule has 1 atom stereocenters. The van der Waals surface area contributed by atoms with E-state index in [0.29, 0.717) is 5.92 Å². The Balaban J connectivity index is 1.85. The molecule has 5 heteroatoms. The molecule has 2 aromatic rings. The van der Waals surface area contributed by atoms with Crippen molar-refractivity contribution >= 4 is 0 Å². The molecule has 0 spiro atoms. The van der Waals surface area contributed by atoms with E-state index in [4.69, 9.17) is 0 Å². The van der Waals surface area contributed by atoms with Crippen LogP contribution in [0, 0.1) is 5.92 Å². The standard InChI is InChI=1S/C16H25N5/c1-13(2)12-17-14(3)16-18-19-20-21(16)11-7-10-15-8-5-4-6-9-15/h4-6,8-9,13-14,17H,7,10-12H2,1-3H3. The largest absolute Gasteiger partial charge is 0.307 e. The second kappa shape index (κ2) is 7.88. The number of hydrogen-bond donors (Lipinski definition) is 1. The van der Waals surface area contributed by atoms with E-state index in [1.807, 2.05) is 10.7 Å². The normalized spacial score (nSPS) is 12.8. The van der Waals surface area contributed by atoms with Gasteiger partial charge in [0.05, 0.1) is 6.04 Å². The van der Waals surface area contributed by atoms with Crippen LogP contribution in [0.25, 0.3) is 0 Å². The van der Waals surface area contributed by atoms with Crippen LogP contribution in [0.5, 0.6) is 0 Å². The van der Waals surface area contributed by atoms with Crippen LogP contribution in [0.3, 0.4) is 0 Å². The smallest absolute Gasteiger partial charge is 0.167 e. The molecule has 0 saturated carbocycles. The van der Waals surface area contributed by atoms with Crippen LogP contribution < -0.4 is 5.32 Å². The van der Waals surface area contributed by atoms with Gasteiger partial charge in [0.2, 0.25) is 0 Å². The van der Waals surface area contributed by atoms with Gasteiger partial charge in [-0.3, -0.25) is 0 Å². The highest BCUT2D eigenvalue weighted by molar-refractivity contribution is 5.14. The maximum atomic E-state index is 4.16. The quantitative estimate of drug-likeness (QED) is 0.811. The first-order valence-corrected chi connectivity index (χ1v) is 7.70. The Morgan fingerprint density at radius 2 is 1.90 bits per heavy atom. The maximum absolute atomic E-state index is 4.16. The third-order valence-electron chi connectivity index (χ3n) is 3.46. The molecule has 1 heterocycles. The minimum atomic E-state index is 0.180. The lowest BCUT2D eigenvalue weighted by molar-refractivity contribution is 0.448. The van der Waals surface area contributed by atoms with Gasteiger partial charge in [-0.25, -0.2) is 4.68 Å². The number of benzene rings is 1. The van der Waals surface area contributed by atoms with Crippen molar-refractivity contribution in [3.8, 4) is 0 Å². The molecule has 0 aliphatic rings. The van der Waals surface area contributed by atoms with E-state index >= 15 is 0 Å². The molecule has 5 nitrogen and oxygen atoms in total. The van der Waals surface area contributed by atoms with Gasteiger partial charge in [-0.05, 0) is 48.2 Å². The topological polar surface area (TPSA) is 55.6 Å². The summed E-state index contributed by atoms with van der Waals surface area (Å²) >= 11 is 0. The lowest BCUT2D eigenvalue weighted by Gasteiger charge is -2.15. The summed E-state index contributed by atoms with van der Waals surface area (Å²) in [4.78, 5) is 0. The Morgan fingerprint density at radius 1 is 1.14 bits per heavy atom. The number of tetrazole rings is 1. The van der Waals surface area contributed by atoms with Crippen LogP contribution in [0.1, 0.15) is 44.6 Å². The average Bonchev–Trinajstić information content (AvgIpc) is 2.94. The first-order chi connectivity index (χ1) is 10.2. The summed E-state index contributed by atoms with van der Waals surface area (Å²) in [5, 5.41) is 15.6. The fraction of sp³-hybridized carbons (Fsp3) is 0.562. The Hall–Kier alpha value is -1.75. The lowest BCUT2D eigenvalue weighted by atomic mass is 10.1. The molecule has 0 aliphatic heterocycles. The Kier molecular flexibility index (Phi) is 5.87. The Labute approximate surface area is 126 Å². The minimum Gasteiger partial charge on any atom is -0.307 e. The van der Waals surface area contributed by atoms with Crippen molar-refractivity contribution in [3.63, 3.8) is 0 Å². The fourth-order valence-corrected chi connectivity index (χ4v) is 2.26. The van der Waals surface area contributed by atoms with Gasteiger partial charge < -0.3 is 5.32 Å². The van der Waals surface area contributed by atoms with E-state index in [9.17, 15) is 0 Å². The van der Waals surface area contributed by atoms with Crippen molar-refractivity contribution in [3.05, 3.63) is 41.7 Å². The minimum absolute atomic E-state index is 0.180. The zero-order valence-electron chi connectivity index (χ0n) is 13.2. The van der Waals surface area contributed by atoms with E-state index < -0.39 is 0 Å². The molecule has 114 valence electrons. The predicted octanol–water partition coefficient (Wildman–Crippen LogP) is 2.61. The second-order valence-corrected chi connectivity index (χ2v) is 5.87. The molecule has 1 unspecified atom stereocenters. The molecule has 0 aliphatic carbocycles. The second-order valence-electron chi connectivity index (χ2n) is 5.87. The molecule has 2 rings (SSSR count). The third kappa shape index (κ3) is 4.93. The van der Waals surface area contributed by atoms with Gasteiger partial charge in [-0.2, -0.15) is 0 Å². The Morgan fingerprint density at radius 3 is 2.62 bits per heavy atom. The molecule has 0 bridgehead atoms. The number of hydrogen-bond acceptors (Lipinski definition) is 4. The number of aromatic nitrogens is 4. The highest BCUT2D eigenvalue weighted by atomic mass is 15.5. The van der Waals surface area contributed by atoms with Gasteiger partial charge in [-0.1, -0.05) is 44.2 Å². The summed E-state index contributed by atoms with van der Waals surface area (Å²) < 4.78 is 1.92. The van der Waals surface area contributed by atoms with Crippen LogP contribution in [-0.4, -0.2) is 26.8 Å². The fourth-order valence-electron chi connectivity index (χ4n) is 2.26. The van der Waals surface area contributed by atoms with Gasteiger partial charge in [0.15, 0.2) is 5.82 Å². The highest BCUT2D eigenvalue weighted by Gasteiger charge is 2.14. The van der Waals surface area contributed by atoms with Crippen molar-refractivity contribution < 1.29 is 0 Å². The average molecular weight is 287 g/mol. The van der Waals surface area contributed by atoms with Gasteiger partial charge in [0.1, 0.15) is 0 Å². The number of nitrogens with one attached hydrogen (secondary N) is 1. The number of nitrogens with zero attached hydrogens (tertiary/aromatic N) is 4. The van der Waals surface area contributed by atoms with Crippen LogP contribution in [0.15, 0.2) is 30.3 Å². The van der Waals surface area contributed by atoms with Gasteiger partial charge in [0, 0.05) is 6.54 Å². The highest BCUT2D eigenvalue weighted by Crippen LogP contribution is 2.10. The number of rotatable bonds is 8. The predicted molar refractivity (Wildman–Crippen MR) is 83.8 cm³/mol.